The number of alkyl halides is 3. The van der Waals surface area contributed by atoms with E-state index in [0.29, 0.717) is 6.54 Å². The molecule has 0 saturated heterocycles. The number of halogens is 4. The second-order valence-electron chi connectivity index (χ2n) is 3.61. The average Bonchev–Trinajstić information content (AvgIpc) is 2.17. The van der Waals surface area contributed by atoms with Gasteiger partial charge in [0.15, 0.2) is 0 Å². The lowest BCUT2D eigenvalue weighted by molar-refractivity contribution is -0.134. The topological polar surface area (TPSA) is 12.0 Å². The fourth-order valence-electron chi connectivity index (χ4n) is 1.28. The first-order valence-corrected chi connectivity index (χ1v) is 5.74. The van der Waals surface area contributed by atoms with Gasteiger partial charge in [-0.2, -0.15) is 13.2 Å². The predicted molar refractivity (Wildman–Crippen MR) is 62.7 cm³/mol. The number of benzene rings is 1. The van der Waals surface area contributed by atoms with Gasteiger partial charge in [0.05, 0.1) is 0 Å². The lowest BCUT2D eigenvalue weighted by Crippen LogP contribution is -2.10. The van der Waals surface area contributed by atoms with Crippen LogP contribution in [0.15, 0.2) is 22.7 Å². The fourth-order valence-corrected chi connectivity index (χ4v) is 1.52. The molecule has 1 aromatic rings. The van der Waals surface area contributed by atoms with Gasteiger partial charge in [0, 0.05) is 23.1 Å². The molecule has 90 valence electrons. The summed E-state index contributed by atoms with van der Waals surface area (Å²) in [4.78, 5) is 0. The molecular formula is C11H13BrF3N. The molecule has 1 rings (SSSR count). The van der Waals surface area contributed by atoms with Crippen LogP contribution in [-0.2, 0) is 0 Å². The van der Waals surface area contributed by atoms with Gasteiger partial charge in [0.2, 0.25) is 0 Å². The van der Waals surface area contributed by atoms with Crippen LogP contribution >= 0.6 is 15.9 Å². The molecule has 1 aromatic carbocycles. The van der Waals surface area contributed by atoms with Gasteiger partial charge in [-0.15, -0.1) is 0 Å². The first-order chi connectivity index (χ1) is 7.38. The van der Waals surface area contributed by atoms with Gasteiger partial charge in [-0.05, 0) is 37.1 Å². The van der Waals surface area contributed by atoms with Crippen molar-refractivity contribution in [3.63, 3.8) is 0 Å². The zero-order valence-corrected chi connectivity index (χ0v) is 10.5. The van der Waals surface area contributed by atoms with Gasteiger partial charge in [0.25, 0.3) is 0 Å². The molecule has 0 aliphatic rings. The van der Waals surface area contributed by atoms with Crippen LogP contribution in [-0.4, -0.2) is 12.7 Å². The normalized spacial score (nSPS) is 11.6. The van der Waals surface area contributed by atoms with Crippen LogP contribution in [0.3, 0.4) is 0 Å². The summed E-state index contributed by atoms with van der Waals surface area (Å²) in [6.45, 7) is 2.27. The summed E-state index contributed by atoms with van der Waals surface area (Å²) in [5.74, 6) is 0. The third-order valence-electron chi connectivity index (χ3n) is 2.12. The lowest BCUT2D eigenvalue weighted by Gasteiger charge is -2.09. The Hall–Kier alpha value is -0.710. The number of hydrogen-bond donors (Lipinski definition) is 1. The molecule has 0 amide bonds. The van der Waals surface area contributed by atoms with Gasteiger partial charge in [-0.3, -0.25) is 0 Å². The molecule has 1 N–H and O–H groups in total. The van der Waals surface area contributed by atoms with E-state index in [1.165, 1.54) is 0 Å². The van der Waals surface area contributed by atoms with E-state index in [0.717, 1.165) is 15.7 Å². The van der Waals surface area contributed by atoms with Crippen molar-refractivity contribution in [3.05, 3.63) is 28.2 Å². The van der Waals surface area contributed by atoms with Gasteiger partial charge in [0.1, 0.15) is 0 Å². The fraction of sp³-hybridized carbons (Fsp3) is 0.455. The molecule has 0 saturated carbocycles. The minimum absolute atomic E-state index is 0.0958. The Labute approximate surface area is 101 Å². The van der Waals surface area contributed by atoms with Crippen molar-refractivity contribution in [1.82, 2.24) is 0 Å². The van der Waals surface area contributed by atoms with Crippen LogP contribution in [0.5, 0.6) is 0 Å². The van der Waals surface area contributed by atoms with E-state index in [4.69, 9.17) is 0 Å². The van der Waals surface area contributed by atoms with Crippen LogP contribution in [0, 0.1) is 6.92 Å². The molecular weight excluding hydrogens is 283 g/mol. The Morgan fingerprint density at radius 2 is 2.00 bits per heavy atom. The highest BCUT2D eigenvalue weighted by molar-refractivity contribution is 9.10. The van der Waals surface area contributed by atoms with Gasteiger partial charge in [-0.25, -0.2) is 0 Å². The van der Waals surface area contributed by atoms with Crippen LogP contribution in [0.2, 0.25) is 0 Å². The summed E-state index contributed by atoms with van der Waals surface area (Å²) in [5, 5.41) is 2.96. The van der Waals surface area contributed by atoms with Crippen LogP contribution < -0.4 is 5.32 Å². The van der Waals surface area contributed by atoms with Crippen molar-refractivity contribution in [3.8, 4) is 0 Å². The second-order valence-corrected chi connectivity index (χ2v) is 4.46. The van der Waals surface area contributed by atoms with Gasteiger partial charge < -0.3 is 5.32 Å². The smallest absolute Gasteiger partial charge is 0.385 e. The zero-order valence-electron chi connectivity index (χ0n) is 8.87. The van der Waals surface area contributed by atoms with Crippen molar-refractivity contribution < 1.29 is 13.2 Å². The maximum absolute atomic E-state index is 11.9. The van der Waals surface area contributed by atoms with Crippen LogP contribution in [0.1, 0.15) is 18.4 Å². The Morgan fingerprint density at radius 1 is 1.31 bits per heavy atom. The molecule has 0 unspecified atom stereocenters. The standard InChI is InChI=1S/C11H13BrF3N/c1-8-7-9(3-4-10(8)12)16-6-2-5-11(13,14)15/h3-4,7,16H,2,5-6H2,1H3. The molecule has 0 fully saturated rings. The Kier molecular flexibility index (Phi) is 4.65. The van der Waals surface area contributed by atoms with E-state index in [9.17, 15) is 13.2 Å². The molecule has 5 heteroatoms. The van der Waals surface area contributed by atoms with E-state index < -0.39 is 12.6 Å². The van der Waals surface area contributed by atoms with E-state index in [-0.39, 0.29) is 6.42 Å². The summed E-state index contributed by atoms with van der Waals surface area (Å²) < 4.78 is 36.6. The van der Waals surface area contributed by atoms with E-state index in [1.54, 1.807) is 0 Å². The first kappa shape index (κ1) is 13.4. The molecule has 16 heavy (non-hydrogen) atoms. The number of aryl methyl sites for hydroxylation is 1. The minimum atomic E-state index is -4.06. The summed E-state index contributed by atoms with van der Waals surface area (Å²) in [6, 6.07) is 5.61. The van der Waals surface area contributed by atoms with Gasteiger partial charge >= 0.3 is 6.18 Å². The SMILES string of the molecule is Cc1cc(NCCCC(F)(F)F)ccc1Br. The third kappa shape index (κ3) is 4.88. The van der Waals surface area contributed by atoms with Crippen molar-refractivity contribution >= 4 is 21.6 Å². The highest BCUT2D eigenvalue weighted by atomic mass is 79.9. The third-order valence-corrected chi connectivity index (χ3v) is 3.01. The number of hydrogen-bond acceptors (Lipinski definition) is 1. The molecule has 0 heterocycles. The zero-order chi connectivity index (χ0) is 12.2. The molecule has 1 nitrogen and oxygen atoms in total. The molecule has 0 aliphatic heterocycles. The highest BCUT2D eigenvalue weighted by Crippen LogP contribution is 2.22. The highest BCUT2D eigenvalue weighted by Gasteiger charge is 2.25. The van der Waals surface area contributed by atoms with Crippen molar-refractivity contribution in [2.24, 2.45) is 0 Å². The molecule has 0 spiro atoms. The summed E-state index contributed by atoms with van der Waals surface area (Å²) in [5.41, 5.74) is 1.91. The monoisotopic (exact) mass is 295 g/mol. The summed E-state index contributed by atoms with van der Waals surface area (Å²) in [7, 11) is 0. The van der Waals surface area contributed by atoms with E-state index in [1.807, 2.05) is 25.1 Å². The largest absolute Gasteiger partial charge is 0.389 e. The minimum Gasteiger partial charge on any atom is -0.385 e. The maximum atomic E-state index is 11.9. The van der Waals surface area contributed by atoms with Crippen molar-refractivity contribution in [2.75, 3.05) is 11.9 Å². The number of rotatable bonds is 4. The Balaban J connectivity index is 2.35. The average molecular weight is 296 g/mol. The molecule has 0 atom stereocenters. The Bertz CT molecular complexity index is 350. The van der Waals surface area contributed by atoms with Crippen LogP contribution in [0.4, 0.5) is 18.9 Å². The predicted octanol–water partition coefficient (Wildman–Crippen LogP) is 4.51. The molecule has 0 radical (unpaired) electrons. The second kappa shape index (κ2) is 5.57. The summed E-state index contributed by atoms with van der Waals surface area (Å²) >= 11 is 3.36. The number of anilines is 1. The van der Waals surface area contributed by atoms with E-state index >= 15 is 0 Å². The molecule has 0 aromatic heterocycles. The van der Waals surface area contributed by atoms with Crippen molar-refractivity contribution in [2.45, 2.75) is 25.9 Å². The maximum Gasteiger partial charge on any atom is 0.389 e. The van der Waals surface area contributed by atoms with Gasteiger partial charge in [-0.1, -0.05) is 15.9 Å². The lowest BCUT2D eigenvalue weighted by atomic mass is 10.2. The number of nitrogens with one attached hydrogen (secondary N) is 1. The molecule has 0 aliphatic carbocycles. The van der Waals surface area contributed by atoms with E-state index in [2.05, 4.69) is 21.2 Å². The summed E-state index contributed by atoms with van der Waals surface area (Å²) in [6.07, 6.45) is -4.70. The van der Waals surface area contributed by atoms with Crippen LogP contribution in [0.25, 0.3) is 0 Å². The molecule has 0 bridgehead atoms. The van der Waals surface area contributed by atoms with Crippen molar-refractivity contribution in [1.29, 1.82) is 0 Å². The first-order valence-electron chi connectivity index (χ1n) is 4.95. The quantitative estimate of drug-likeness (QED) is 0.806. The Morgan fingerprint density at radius 3 is 2.56 bits per heavy atom.